The van der Waals surface area contributed by atoms with Gasteiger partial charge in [0.25, 0.3) is 0 Å². The standard InChI is InChI=1S/C15H18N2O4/c1-9-3-4-11(10(2)7-9)5-6-14(19)17-12(15(20)21)8-13(16)18/h3-7,12H,8H2,1-2H3,(H2,16,18)(H,17,19)(H,20,21)/b6-5+/t12-/m1/s1. The van der Waals surface area contributed by atoms with Crippen LogP contribution in [0, 0.1) is 13.8 Å². The van der Waals surface area contributed by atoms with E-state index in [0.29, 0.717) is 0 Å². The fourth-order valence-electron chi connectivity index (χ4n) is 1.80. The summed E-state index contributed by atoms with van der Waals surface area (Å²) in [5.41, 5.74) is 7.91. The number of benzene rings is 1. The molecule has 112 valence electrons. The first-order chi connectivity index (χ1) is 9.79. The summed E-state index contributed by atoms with van der Waals surface area (Å²) in [5.74, 6) is -2.69. The van der Waals surface area contributed by atoms with Crippen LogP contribution in [0.25, 0.3) is 6.08 Å². The lowest BCUT2D eigenvalue weighted by atomic mass is 10.1. The van der Waals surface area contributed by atoms with Crippen LogP contribution in [-0.4, -0.2) is 28.9 Å². The van der Waals surface area contributed by atoms with Crippen molar-refractivity contribution in [1.29, 1.82) is 0 Å². The first-order valence-corrected chi connectivity index (χ1v) is 6.36. The van der Waals surface area contributed by atoms with Gasteiger partial charge in [0.1, 0.15) is 6.04 Å². The lowest BCUT2D eigenvalue weighted by molar-refractivity contribution is -0.142. The van der Waals surface area contributed by atoms with Crippen molar-refractivity contribution in [2.24, 2.45) is 5.73 Å². The minimum atomic E-state index is -1.32. The second-order valence-corrected chi connectivity index (χ2v) is 4.76. The number of carboxylic acid groups (broad SMARTS) is 1. The number of carbonyl (C=O) groups excluding carboxylic acids is 2. The maximum Gasteiger partial charge on any atom is 0.326 e. The maximum absolute atomic E-state index is 11.7. The fourth-order valence-corrected chi connectivity index (χ4v) is 1.80. The number of rotatable bonds is 6. The van der Waals surface area contributed by atoms with Gasteiger partial charge in [-0.25, -0.2) is 4.79 Å². The Bertz CT molecular complexity index is 593. The molecule has 0 radical (unpaired) electrons. The maximum atomic E-state index is 11.7. The molecule has 4 N–H and O–H groups in total. The SMILES string of the molecule is Cc1ccc(/C=C/C(=O)N[C@H](CC(N)=O)C(=O)O)c(C)c1. The van der Waals surface area contributed by atoms with Crippen LogP contribution in [0.5, 0.6) is 0 Å². The molecular formula is C15H18N2O4. The van der Waals surface area contributed by atoms with Crippen molar-refractivity contribution in [2.45, 2.75) is 26.3 Å². The summed E-state index contributed by atoms with van der Waals surface area (Å²) in [6, 6.07) is 4.44. The highest BCUT2D eigenvalue weighted by atomic mass is 16.4. The Kier molecular flexibility index (Phi) is 5.66. The summed E-state index contributed by atoms with van der Waals surface area (Å²) in [5, 5.41) is 11.1. The van der Waals surface area contributed by atoms with E-state index in [0.717, 1.165) is 16.7 Å². The van der Waals surface area contributed by atoms with E-state index in [9.17, 15) is 14.4 Å². The third kappa shape index (κ3) is 5.48. The van der Waals surface area contributed by atoms with Crippen molar-refractivity contribution >= 4 is 23.9 Å². The second-order valence-electron chi connectivity index (χ2n) is 4.76. The van der Waals surface area contributed by atoms with Gasteiger partial charge >= 0.3 is 5.97 Å². The number of primary amides is 1. The Hall–Kier alpha value is -2.63. The number of nitrogens with one attached hydrogen (secondary N) is 1. The molecule has 0 saturated heterocycles. The van der Waals surface area contributed by atoms with E-state index < -0.39 is 30.2 Å². The van der Waals surface area contributed by atoms with E-state index >= 15 is 0 Å². The van der Waals surface area contributed by atoms with Gasteiger partial charge in [0, 0.05) is 6.08 Å². The van der Waals surface area contributed by atoms with Crippen LogP contribution < -0.4 is 11.1 Å². The van der Waals surface area contributed by atoms with Gasteiger partial charge in [0.15, 0.2) is 0 Å². The summed E-state index contributed by atoms with van der Waals surface area (Å²) >= 11 is 0. The Morgan fingerprint density at radius 2 is 2.00 bits per heavy atom. The lowest BCUT2D eigenvalue weighted by Crippen LogP contribution is -2.42. The molecule has 0 bridgehead atoms. The fraction of sp³-hybridized carbons (Fsp3) is 0.267. The van der Waals surface area contributed by atoms with E-state index in [1.807, 2.05) is 32.0 Å². The predicted octanol–water partition coefficient (Wildman–Crippen LogP) is 0.761. The first kappa shape index (κ1) is 16.4. The van der Waals surface area contributed by atoms with Crippen LogP contribution in [0.3, 0.4) is 0 Å². The summed E-state index contributed by atoms with van der Waals surface area (Å²) in [6.07, 6.45) is 2.38. The minimum Gasteiger partial charge on any atom is -0.480 e. The smallest absolute Gasteiger partial charge is 0.326 e. The van der Waals surface area contributed by atoms with Crippen molar-refractivity contribution in [3.05, 3.63) is 41.0 Å². The second kappa shape index (κ2) is 7.23. The summed E-state index contributed by atoms with van der Waals surface area (Å²) < 4.78 is 0. The zero-order valence-corrected chi connectivity index (χ0v) is 11.9. The van der Waals surface area contributed by atoms with Gasteiger partial charge in [0.2, 0.25) is 11.8 Å². The molecule has 1 aromatic rings. The molecule has 0 aliphatic rings. The number of hydrogen-bond donors (Lipinski definition) is 3. The molecule has 0 spiro atoms. The quantitative estimate of drug-likeness (QED) is 0.672. The molecule has 0 heterocycles. The van der Waals surface area contributed by atoms with Crippen molar-refractivity contribution in [3.63, 3.8) is 0 Å². The van der Waals surface area contributed by atoms with Crippen LogP contribution >= 0.6 is 0 Å². The molecule has 0 saturated carbocycles. The number of amides is 2. The van der Waals surface area contributed by atoms with E-state index in [-0.39, 0.29) is 0 Å². The third-order valence-corrected chi connectivity index (χ3v) is 2.86. The number of aliphatic carboxylic acids is 1. The molecule has 0 aliphatic carbocycles. The zero-order chi connectivity index (χ0) is 16.0. The van der Waals surface area contributed by atoms with E-state index in [2.05, 4.69) is 5.32 Å². The molecule has 1 atom stereocenters. The van der Waals surface area contributed by atoms with Gasteiger partial charge in [-0.15, -0.1) is 0 Å². The summed E-state index contributed by atoms with van der Waals surface area (Å²) in [6.45, 7) is 3.88. The van der Waals surface area contributed by atoms with E-state index in [1.165, 1.54) is 6.08 Å². The Morgan fingerprint density at radius 1 is 1.33 bits per heavy atom. The highest BCUT2D eigenvalue weighted by molar-refractivity contribution is 5.95. The molecule has 6 heteroatoms. The lowest BCUT2D eigenvalue weighted by Gasteiger charge is -2.10. The summed E-state index contributed by atoms with van der Waals surface area (Å²) in [4.78, 5) is 33.3. The molecule has 1 rings (SSSR count). The third-order valence-electron chi connectivity index (χ3n) is 2.86. The molecule has 6 nitrogen and oxygen atoms in total. The van der Waals surface area contributed by atoms with Gasteiger partial charge in [-0.3, -0.25) is 9.59 Å². The van der Waals surface area contributed by atoms with Crippen LogP contribution in [0.4, 0.5) is 0 Å². The largest absolute Gasteiger partial charge is 0.480 e. The highest BCUT2D eigenvalue weighted by Crippen LogP contribution is 2.11. The van der Waals surface area contributed by atoms with Gasteiger partial charge in [-0.2, -0.15) is 0 Å². The average Bonchev–Trinajstić information content (AvgIpc) is 2.36. The van der Waals surface area contributed by atoms with Gasteiger partial charge in [0.05, 0.1) is 6.42 Å². The van der Waals surface area contributed by atoms with Gasteiger partial charge in [-0.1, -0.05) is 23.8 Å². The number of carbonyl (C=O) groups is 3. The molecule has 0 unspecified atom stereocenters. The monoisotopic (exact) mass is 290 g/mol. The van der Waals surface area contributed by atoms with Crippen LogP contribution in [0.15, 0.2) is 24.3 Å². The molecule has 0 aliphatic heterocycles. The predicted molar refractivity (Wildman–Crippen MR) is 78.3 cm³/mol. The topological polar surface area (TPSA) is 109 Å². The number of aryl methyl sites for hydroxylation is 2. The zero-order valence-electron chi connectivity index (χ0n) is 11.9. The first-order valence-electron chi connectivity index (χ1n) is 6.36. The van der Waals surface area contributed by atoms with E-state index in [1.54, 1.807) is 6.08 Å². The summed E-state index contributed by atoms with van der Waals surface area (Å²) in [7, 11) is 0. The van der Waals surface area contributed by atoms with Crippen molar-refractivity contribution < 1.29 is 19.5 Å². The normalized spacial score (nSPS) is 12.1. The van der Waals surface area contributed by atoms with Gasteiger partial charge < -0.3 is 16.2 Å². The van der Waals surface area contributed by atoms with Crippen LogP contribution in [0.2, 0.25) is 0 Å². The molecule has 0 aromatic heterocycles. The molecular weight excluding hydrogens is 272 g/mol. The van der Waals surface area contributed by atoms with Crippen LogP contribution in [-0.2, 0) is 14.4 Å². The minimum absolute atomic E-state index is 0.446. The van der Waals surface area contributed by atoms with Gasteiger partial charge in [-0.05, 0) is 31.1 Å². The Morgan fingerprint density at radius 3 is 2.52 bits per heavy atom. The highest BCUT2D eigenvalue weighted by Gasteiger charge is 2.20. The van der Waals surface area contributed by atoms with Crippen molar-refractivity contribution in [3.8, 4) is 0 Å². The molecule has 2 amide bonds. The average molecular weight is 290 g/mol. The molecule has 0 fully saturated rings. The number of carboxylic acids is 1. The van der Waals surface area contributed by atoms with Crippen molar-refractivity contribution in [2.75, 3.05) is 0 Å². The van der Waals surface area contributed by atoms with Crippen LogP contribution in [0.1, 0.15) is 23.1 Å². The Labute approximate surface area is 122 Å². The molecule has 1 aromatic carbocycles. The van der Waals surface area contributed by atoms with Crippen molar-refractivity contribution in [1.82, 2.24) is 5.32 Å². The Balaban J connectivity index is 2.73. The molecule has 21 heavy (non-hydrogen) atoms. The van der Waals surface area contributed by atoms with E-state index in [4.69, 9.17) is 10.8 Å². The number of nitrogens with two attached hydrogens (primary N) is 1. The number of hydrogen-bond acceptors (Lipinski definition) is 3.